The normalized spacial score (nSPS) is 16.8. The minimum Gasteiger partial charge on any atom is -0.478 e. The molecule has 1 aliphatic rings. The molecule has 1 saturated heterocycles. The fourth-order valence-electron chi connectivity index (χ4n) is 5.10. The number of pyridine rings is 1. The zero-order chi connectivity index (χ0) is 27.0. The summed E-state index contributed by atoms with van der Waals surface area (Å²) < 4.78 is 2.12. The minimum absolute atomic E-state index is 0.131. The van der Waals surface area contributed by atoms with Crippen molar-refractivity contribution < 1.29 is 14.7 Å². The molecule has 1 fully saturated rings. The maximum Gasteiger partial charge on any atom is 0.335 e. The summed E-state index contributed by atoms with van der Waals surface area (Å²) in [5, 5.41) is 16.2. The topological polar surface area (TPSA) is 99.5 Å². The lowest BCUT2D eigenvalue weighted by Gasteiger charge is -2.28. The molecule has 0 saturated carbocycles. The fourth-order valence-corrected chi connectivity index (χ4v) is 5.44. The second-order valence-electron chi connectivity index (χ2n) is 9.24. The highest BCUT2D eigenvalue weighted by Gasteiger charge is 2.42. The van der Waals surface area contributed by atoms with E-state index in [0.29, 0.717) is 10.8 Å². The molecule has 9 heteroatoms. The molecule has 2 atom stereocenters. The predicted molar refractivity (Wildman–Crippen MR) is 151 cm³/mol. The van der Waals surface area contributed by atoms with Crippen molar-refractivity contribution in [3.05, 3.63) is 107 Å². The van der Waals surface area contributed by atoms with E-state index in [-0.39, 0.29) is 23.6 Å². The standard InChI is InChI=1S/C29H27N5O3S/c1-17-16-24(18(2)33(17)22-11-7-20(8-12-22)28(36)37)27-26(25-6-4-5-15-30-25)32-29(38)34(27)23-13-9-21(10-14-23)31-19(3)35/h4-16,26-27H,1-3H3,(H,31,35)(H,32,38)(H,36,37)/t26-,27-/m0/s1. The van der Waals surface area contributed by atoms with Crippen molar-refractivity contribution in [2.75, 3.05) is 10.2 Å². The maximum atomic E-state index is 11.5. The molecular formula is C29H27N5O3S. The number of rotatable bonds is 6. The van der Waals surface area contributed by atoms with Gasteiger partial charge in [0, 0.05) is 41.6 Å². The molecule has 1 aliphatic heterocycles. The molecule has 0 spiro atoms. The van der Waals surface area contributed by atoms with Crippen molar-refractivity contribution in [1.82, 2.24) is 14.9 Å². The lowest BCUT2D eigenvalue weighted by atomic mass is 9.96. The number of aryl methyl sites for hydroxylation is 1. The molecule has 0 aliphatic carbocycles. The number of carbonyl (C=O) groups is 2. The number of amides is 1. The monoisotopic (exact) mass is 525 g/mol. The zero-order valence-electron chi connectivity index (χ0n) is 21.2. The average Bonchev–Trinajstić information content (AvgIpc) is 3.39. The molecule has 0 unspecified atom stereocenters. The van der Waals surface area contributed by atoms with E-state index in [2.05, 4.69) is 38.1 Å². The van der Waals surface area contributed by atoms with Crippen LogP contribution < -0.4 is 15.5 Å². The minimum atomic E-state index is -0.956. The van der Waals surface area contributed by atoms with E-state index in [0.717, 1.165) is 34.0 Å². The van der Waals surface area contributed by atoms with Crippen LogP contribution in [0.2, 0.25) is 0 Å². The first kappa shape index (κ1) is 25.2. The number of anilines is 2. The third-order valence-corrected chi connectivity index (χ3v) is 7.04. The van der Waals surface area contributed by atoms with Crippen LogP contribution in [0.15, 0.2) is 79.0 Å². The highest BCUT2D eigenvalue weighted by atomic mass is 32.1. The van der Waals surface area contributed by atoms with E-state index < -0.39 is 5.97 Å². The van der Waals surface area contributed by atoms with Gasteiger partial charge in [0.15, 0.2) is 5.11 Å². The number of benzene rings is 2. The van der Waals surface area contributed by atoms with Crippen molar-refractivity contribution in [2.45, 2.75) is 32.9 Å². The van der Waals surface area contributed by atoms with Gasteiger partial charge >= 0.3 is 5.97 Å². The molecule has 5 rings (SSSR count). The number of hydrogen-bond acceptors (Lipinski definition) is 4. The molecule has 4 aromatic rings. The third kappa shape index (κ3) is 4.64. The van der Waals surface area contributed by atoms with E-state index >= 15 is 0 Å². The smallest absolute Gasteiger partial charge is 0.335 e. The van der Waals surface area contributed by atoms with Crippen LogP contribution in [0.5, 0.6) is 0 Å². The van der Waals surface area contributed by atoms with Crippen molar-refractivity contribution in [3.8, 4) is 5.69 Å². The fraction of sp³-hybridized carbons (Fsp3) is 0.172. The first-order chi connectivity index (χ1) is 18.2. The van der Waals surface area contributed by atoms with Gasteiger partial charge < -0.3 is 25.2 Å². The molecule has 0 bridgehead atoms. The van der Waals surface area contributed by atoms with Crippen LogP contribution in [0.25, 0.3) is 5.69 Å². The van der Waals surface area contributed by atoms with Crippen LogP contribution in [0.3, 0.4) is 0 Å². The first-order valence-corrected chi connectivity index (χ1v) is 12.6. The molecule has 8 nitrogen and oxygen atoms in total. The van der Waals surface area contributed by atoms with Crippen LogP contribution in [0.4, 0.5) is 11.4 Å². The zero-order valence-corrected chi connectivity index (χ0v) is 22.0. The summed E-state index contributed by atoms with van der Waals surface area (Å²) in [7, 11) is 0. The Labute approximate surface area is 225 Å². The Morgan fingerprint density at radius 2 is 1.68 bits per heavy atom. The molecular weight excluding hydrogens is 498 g/mol. The number of carboxylic acids is 1. The number of thiocarbonyl (C=S) groups is 1. The average molecular weight is 526 g/mol. The van der Waals surface area contributed by atoms with Crippen molar-refractivity contribution in [1.29, 1.82) is 0 Å². The van der Waals surface area contributed by atoms with Gasteiger partial charge in [-0.05, 0) is 98.4 Å². The van der Waals surface area contributed by atoms with E-state index in [1.54, 1.807) is 18.3 Å². The quantitative estimate of drug-likeness (QED) is 0.293. The van der Waals surface area contributed by atoms with Gasteiger partial charge in [-0.1, -0.05) is 6.07 Å². The highest BCUT2D eigenvalue weighted by molar-refractivity contribution is 7.80. The Bertz CT molecular complexity index is 1510. The Balaban J connectivity index is 1.61. The molecule has 1 amide bonds. The van der Waals surface area contributed by atoms with Crippen LogP contribution in [0, 0.1) is 13.8 Å². The number of hydrogen-bond donors (Lipinski definition) is 3. The lowest BCUT2D eigenvalue weighted by Crippen LogP contribution is -2.29. The van der Waals surface area contributed by atoms with E-state index in [1.165, 1.54) is 6.92 Å². The second kappa shape index (κ2) is 10.1. The van der Waals surface area contributed by atoms with Crippen LogP contribution in [-0.4, -0.2) is 31.6 Å². The van der Waals surface area contributed by atoms with Gasteiger partial charge in [0.1, 0.15) is 0 Å². The van der Waals surface area contributed by atoms with Crippen LogP contribution in [-0.2, 0) is 4.79 Å². The number of carboxylic acid groups (broad SMARTS) is 1. The van der Waals surface area contributed by atoms with E-state index in [9.17, 15) is 14.7 Å². The lowest BCUT2D eigenvalue weighted by molar-refractivity contribution is -0.114. The van der Waals surface area contributed by atoms with Gasteiger partial charge in [-0.25, -0.2) is 4.79 Å². The molecule has 38 heavy (non-hydrogen) atoms. The number of nitrogens with zero attached hydrogens (tertiary/aromatic N) is 3. The van der Waals surface area contributed by atoms with Gasteiger partial charge in [-0.3, -0.25) is 9.78 Å². The third-order valence-electron chi connectivity index (χ3n) is 6.73. The number of carbonyl (C=O) groups excluding carboxylic acids is 1. The number of aromatic carboxylic acids is 1. The van der Waals surface area contributed by atoms with Crippen LogP contribution >= 0.6 is 12.2 Å². The van der Waals surface area contributed by atoms with E-state index in [4.69, 9.17) is 12.2 Å². The highest BCUT2D eigenvalue weighted by Crippen LogP contribution is 2.43. The van der Waals surface area contributed by atoms with Crippen molar-refractivity contribution >= 4 is 40.6 Å². The predicted octanol–water partition coefficient (Wildman–Crippen LogP) is 5.32. The summed E-state index contributed by atoms with van der Waals surface area (Å²) >= 11 is 5.85. The SMILES string of the molecule is CC(=O)Nc1ccc(N2C(=S)N[C@@H](c3ccccn3)[C@@H]2c2cc(C)n(-c3ccc(C(=O)O)cc3)c2C)cc1. The molecule has 3 N–H and O–H groups in total. The molecule has 2 aromatic heterocycles. The Morgan fingerprint density at radius 1 is 1.00 bits per heavy atom. The number of nitrogens with one attached hydrogen (secondary N) is 2. The first-order valence-electron chi connectivity index (χ1n) is 12.2. The van der Waals surface area contributed by atoms with Gasteiger partial charge in [0.25, 0.3) is 0 Å². The maximum absolute atomic E-state index is 11.5. The van der Waals surface area contributed by atoms with Crippen molar-refractivity contribution in [3.63, 3.8) is 0 Å². The summed E-state index contributed by atoms with van der Waals surface area (Å²) in [6, 6.07) is 22.0. The Kier molecular flexibility index (Phi) is 6.69. The Hall–Kier alpha value is -4.50. The summed E-state index contributed by atoms with van der Waals surface area (Å²) in [5.74, 6) is -1.09. The number of aromatic nitrogens is 2. The Morgan fingerprint density at radius 3 is 2.29 bits per heavy atom. The van der Waals surface area contributed by atoms with Gasteiger partial charge in [-0.15, -0.1) is 0 Å². The second-order valence-corrected chi connectivity index (χ2v) is 9.63. The largest absolute Gasteiger partial charge is 0.478 e. The summed E-state index contributed by atoms with van der Waals surface area (Å²) in [5.41, 5.74) is 6.68. The van der Waals surface area contributed by atoms with E-state index in [1.807, 2.05) is 61.5 Å². The molecule has 0 radical (unpaired) electrons. The molecule has 2 aromatic carbocycles. The molecule has 3 heterocycles. The summed E-state index contributed by atoms with van der Waals surface area (Å²) in [4.78, 5) is 29.6. The summed E-state index contributed by atoms with van der Waals surface area (Å²) in [6.07, 6.45) is 1.77. The van der Waals surface area contributed by atoms with Crippen molar-refractivity contribution in [2.24, 2.45) is 0 Å². The van der Waals surface area contributed by atoms with Gasteiger partial charge in [0.05, 0.1) is 23.3 Å². The molecule has 192 valence electrons. The summed E-state index contributed by atoms with van der Waals surface area (Å²) in [6.45, 7) is 5.57. The van der Waals surface area contributed by atoms with Crippen LogP contribution in [0.1, 0.15) is 52.0 Å². The van der Waals surface area contributed by atoms with Gasteiger partial charge in [0.2, 0.25) is 5.91 Å². The van der Waals surface area contributed by atoms with Gasteiger partial charge in [-0.2, -0.15) is 0 Å².